The average Bonchev–Trinajstić information content (AvgIpc) is 2.24. The molecule has 0 spiro atoms. The van der Waals surface area contributed by atoms with Crippen LogP contribution in [0.3, 0.4) is 0 Å². The van der Waals surface area contributed by atoms with Gasteiger partial charge in [0, 0.05) is 19.7 Å². The Hall–Kier alpha value is -2.07. The molecule has 1 aromatic heterocycles. The number of hydrogen-bond acceptors (Lipinski definition) is 7. The summed E-state index contributed by atoms with van der Waals surface area (Å²) in [6, 6.07) is 3.72. The minimum atomic E-state index is 0.143. The molecule has 1 rings (SSSR count). The number of nitriles is 1. The number of hydrazine groups is 1. The first-order chi connectivity index (χ1) is 7.17. The lowest BCUT2D eigenvalue weighted by Gasteiger charge is -2.17. The molecule has 0 saturated heterocycles. The average molecular weight is 207 g/mol. The van der Waals surface area contributed by atoms with Crippen molar-refractivity contribution < 1.29 is 0 Å². The lowest BCUT2D eigenvalue weighted by molar-refractivity contribution is 0.881. The van der Waals surface area contributed by atoms with Crippen molar-refractivity contribution in [3.63, 3.8) is 0 Å². The van der Waals surface area contributed by atoms with Gasteiger partial charge in [-0.2, -0.15) is 15.2 Å². The van der Waals surface area contributed by atoms with Gasteiger partial charge in [0.15, 0.2) is 0 Å². The summed E-state index contributed by atoms with van der Waals surface area (Å²) in [5.74, 6) is 6.44. The zero-order chi connectivity index (χ0) is 11.3. The molecule has 7 nitrogen and oxygen atoms in total. The Bertz CT molecular complexity index is 370. The van der Waals surface area contributed by atoms with Crippen LogP contribution < -0.4 is 21.9 Å². The first-order valence-corrected chi connectivity index (χ1v) is 4.36. The summed E-state index contributed by atoms with van der Waals surface area (Å²) in [5, 5.41) is 8.45. The van der Waals surface area contributed by atoms with Gasteiger partial charge in [-0.25, -0.2) is 5.84 Å². The van der Waals surface area contributed by atoms with Crippen LogP contribution in [0.4, 0.5) is 17.6 Å². The molecule has 1 aromatic rings. The number of hydrogen-bond donors (Lipinski definition) is 3. The quantitative estimate of drug-likeness (QED) is 0.458. The minimum absolute atomic E-state index is 0.143. The van der Waals surface area contributed by atoms with Crippen molar-refractivity contribution in [1.29, 1.82) is 5.26 Å². The number of nitrogens with zero attached hydrogens (tertiary/aromatic N) is 4. The Kier molecular flexibility index (Phi) is 3.65. The smallest absolute Gasteiger partial charge is 0.223 e. The van der Waals surface area contributed by atoms with Crippen molar-refractivity contribution in [1.82, 2.24) is 9.97 Å². The fraction of sp³-hybridized carbons (Fsp3) is 0.375. The Morgan fingerprint density at radius 2 is 2.33 bits per heavy atom. The normalized spacial score (nSPS) is 9.40. The third-order valence-electron chi connectivity index (χ3n) is 1.83. The maximum atomic E-state index is 8.45. The SMILES string of the molecule is CN(CCC#N)c1cc(NN)nc(N)n1. The first kappa shape index (κ1) is 11.0. The second kappa shape index (κ2) is 4.97. The lowest BCUT2D eigenvalue weighted by Crippen LogP contribution is -2.21. The van der Waals surface area contributed by atoms with Crippen LogP contribution in [-0.4, -0.2) is 23.6 Å². The molecule has 0 aromatic carbocycles. The van der Waals surface area contributed by atoms with Gasteiger partial charge in [0.05, 0.1) is 12.5 Å². The van der Waals surface area contributed by atoms with Gasteiger partial charge in [0.25, 0.3) is 0 Å². The van der Waals surface area contributed by atoms with Crippen LogP contribution >= 0.6 is 0 Å². The third kappa shape index (κ3) is 2.96. The van der Waals surface area contributed by atoms with Gasteiger partial charge >= 0.3 is 0 Å². The van der Waals surface area contributed by atoms with Crippen LogP contribution in [0.15, 0.2) is 6.07 Å². The molecule has 0 amide bonds. The van der Waals surface area contributed by atoms with Gasteiger partial charge in [-0.1, -0.05) is 0 Å². The highest BCUT2D eigenvalue weighted by molar-refractivity contribution is 5.51. The van der Waals surface area contributed by atoms with E-state index in [1.54, 1.807) is 6.07 Å². The molecule has 0 fully saturated rings. The number of anilines is 3. The Morgan fingerprint density at radius 1 is 1.60 bits per heavy atom. The molecule has 0 saturated carbocycles. The van der Waals surface area contributed by atoms with E-state index in [1.165, 1.54) is 0 Å². The van der Waals surface area contributed by atoms with Gasteiger partial charge in [0.1, 0.15) is 11.6 Å². The Balaban J connectivity index is 2.84. The molecule has 15 heavy (non-hydrogen) atoms. The number of nitrogens with one attached hydrogen (secondary N) is 1. The summed E-state index contributed by atoms with van der Waals surface area (Å²) in [6.45, 7) is 0.580. The van der Waals surface area contributed by atoms with Crippen molar-refractivity contribution in [3.05, 3.63) is 6.07 Å². The highest BCUT2D eigenvalue weighted by Crippen LogP contribution is 2.14. The van der Waals surface area contributed by atoms with E-state index in [2.05, 4.69) is 21.5 Å². The maximum absolute atomic E-state index is 8.45. The van der Waals surface area contributed by atoms with E-state index in [9.17, 15) is 0 Å². The van der Waals surface area contributed by atoms with Crippen molar-refractivity contribution in [2.45, 2.75) is 6.42 Å². The van der Waals surface area contributed by atoms with E-state index in [4.69, 9.17) is 16.8 Å². The predicted molar refractivity (Wildman–Crippen MR) is 57.8 cm³/mol. The van der Waals surface area contributed by atoms with Crippen LogP contribution in [0, 0.1) is 11.3 Å². The standard InChI is InChI=1S/C8H13N7/c1-15(4-2-3-9)7-5-6(14-11)12-8(10)13-7/h5H,2,4,11H2,1H3,(H3,10,12,13,14). The molecule has 0 aliphatic carbocycles. The predicted octanol–water partition coefficient (Wildman–Crippen LogP) is -0.306. The summed E-state index contributed by atoms with van der Waals surface area (Å²) < 4.78 is 0. The second-order valence-electron chi connectivity index (χ2n) is 2.94. The topological polar surface area (TPSA) is 117 Å². The van der Waals surface area contributed by atoms with Crippen molar-refractivity contribution in [2.75, 3.05) is 29.7 Å². The monoisotopic (exact) mass is 207 g/mol. The number of nitrogen functional groups attached to an aromatic ring is 2. The van der Waals surface area contributed by atoms with Crippen LogP contribution in [0.25, 0.3) is 0 Å². The number of rotatable bonds is 4. The zero-order valence-electron chi connectivity index (χ0n) is 8.44. The van der Waals surface area contributed by atoms with Gasteiger partial charge in [-0.15, -0.1) is 0 Å². The highest BCUT2D eigenvalue weighted by Gasteiger charge is 2.05. The molecule has 5 N–H and O–H groups in total. The summed E-state index contributed by atoms with van der Waals surface area (Å²) in [4.78, 5) is 9.68. The molecule has 0 aliphatic rings. The number of nitrogens with two attached hydrogens (primary N) is 2. The van der Waals surface area contributed by atoms with Gasteiger partial charge in [-0.05, 0) is 0 Å². The molecule has 7 heteroatoms. The van der Waals surface area contributed by atoms with E-state index >= 15 is 0 Å². The van der Waals surface area contributed by atoms with E-state index in [1.807, 2.05) is 11.9 Å². The zero-order valence-corrected chi connectivity index (χ0v) is 8.44. The molecule has 0 atom stereocenters. The van der Waals surface area contributed by atoms with Crippen LogP contribution in [-0.2, 0) is 0 Å². The summed E-state index contributed by atoms with van der Waals surface area (Å²) >= 11 is 0. The minimum Gasteiger partial charge on any atom is -0.368 e. The largest absolute Gasteiger partial charge is 0.368 e. The van der Waals surface area contributed by atoms with E-state index in [-0.39, 0.29) is 5.95 Å². The fourth-order valence-corrected chi connectivity index (χ4v) is 1.05. The van der Waals surface area contributed by atoms with Gasteiger partial charge in [-0.3, -0.25) is 0 Å². The molecule has 0 unspecified atom stereocenters. The molecular formula is C8H13N7. The third-order valence-corrected chi connectivity index (χ3v) is 1.83. The van der Waals surface area contributed by atoms with Crippen LogP contribution in [0.5, 0.6) is 0 Å². The summed E-state index contributed by atoms with van der Waals surface area (Å²) in [7, 11) is 1.82. The summed E-state index contributed by atoms with van der Waals surface area (Å²) in [5.41, 5.74) is 7.89. The maximum Gasteiger partial charge on any atom is 0.223 e. The van der Waals surface area contributed by atoms with E-state index < -0.39 is 0 Å². The molecule has 0 bridgehead atoms. The Morgan fingerprint density at radius 3 is 2.93 bits per heavy atom. The van der Waals surface area contributed by atoms with Crippen molar-refractivity contribution in [2.24, 2.45) is 5.84 Å². The van der Waals surface area contributed by atoms with Crippen LogP contribution in [0.1, 0.15) is 6.42 Å². The molecule has 80 valence electrons. The Labute approximate surface area is 87.7 Å². The molecular weight excluding hydrogens is 194 g/mol. The van der Waals surface area contributed by atoms with E-state index in [0.717, 1.165) is 0 Å². The first-order valence-electron chi connectivity index (χ1n) is 4.36. The van der Waals surface area contributed by atoms with Gasteiger partial charge < -0.3 is 16.1 Å². The molecule has 1 heterocycles. The van der Waals surface area contributed by atoms with Crippen LogP contribution in [0.2, 0.25) is 0 Å². The van der Waals surface area contributed by atoms with Crippen molar-refractivity contribution >= 4 is 17.6 Å². The van der Waals surface area contributed by atoms with E-state index in [0.29, 0.717) is 24.6 Å². The number of aromatic nitrogens is 2. The molecule has 0 aliphatic heterocycles. The van der Waals surface area contributed by atoms with Gasteiger partial charge in [0.2, 0.25) is 5.95 Å². The van der Waals surface area contributed by atoms with Crippen molar-refractivity contribution in [3.8, 4) is 6.07 Å². The lowest BCUT2D eigenvalue weighted by atomic mass is 10.4. The highest BCUT2D eigenvalue weighted by atomic mass is 15.3. The summed E-state index contributed by atoms with van der Waals surface area (Å²) in [6.07, 6.45) is 0.422. The fourth-order valence-electron chi connectivity index (χ4n) is 1.05. The second-order valence-corrected chi connectivity index (χ2v) is 2.94. The molecule has 0 radical (unpaired) electrons.